The fourth-order valence-electron chi connectivity index (χ4n) is 4.13. The van der Waals surface area contributed by atoms with Crippen molar-refractivity contribution in [3.05, 3.63) is 40.9 Å². The van der Waals surface area contributed by atoms with Crippen LogP contribution in [-0.2, 0) is 4.79 Å². The second-order valence-electron chi connectivity index (χ2n) is 7.84. The topological polar surface area (TPSA) is 23.6 Å². The molecule has 0 unspecified atom stereocenters. The van der Waals surface area contributed by atoms with Crippen LogP contribution in [0.15, 0.2) is 30.3 Å². The molecule has 1 aliphatic carbocycles. The van der Waals surface area contributed by atoms with Crippen molar-refractivity contribution in [2.75, 3.05) is 26.7 Å². The van der Waals surface area contributed by atoms with E-state index in [-0.39, 0.29) is 0 Å². The van der Waals surface area contributed by atoms with Gasteiger partial charge in [0.2, 0.25) is 5.91 Å². The van der Waals surface area contributed by atoms with E-state index in [2.05, 4.69) is 29.0 Å². The molecule has 1 aliphatic heterocycles. The Kier molecular flexibility index (Phi) is 7.15. The first-order chi connectivity index (χ1) is 12.6. The van der Waals surface area contributed by atoms with Crippen molar-refractivity contribution >= 4 is 23.6 Å². The molecule has 2 fully saturated rings. The van der Waals surface area contributed by atoms with Crippen LogP contribution in [-0.4, -0.2) is 48.4 Å². The number of likely N-dealkylation sites (tertiary alicyclic amines) is 1. The molecule has 3 nitrogen and oxygen atoms in total. The number of allylic oxidation sites excluding steroid dienone is 1. The summed E-state index contributed by atoms with van der Waals surface area (Å²) in [4.78, 5) is 17.0. The van der Waals surface area contributed by atoms with Crippen molar-refractivity contribution in [1.82, 2.24) is 9.80 Å². The summed E-state index contributed by atoms with van der Waals surface area (Å²) in [5.41, 5.74) is 1.18. The third-order valence-electron chi connectivity index (χ3n) is 5.91. The summed E-state index contributed by atoms with van der Waals surface area (Å²) in [7, 11) is 2.12. The number of likely N-dealkylation sites (N-methyl/N-ethyl adjacent to an activating group) is 1. The van der Waals surface area contributed by atoms with E-state index in [1.54, 1.807) is 0 Å². The summed E-state index contributed by atoms with van der Waals surface area (Å²) < 4.78 is 0. The van der Waals surface area contributed by atoms with Gasteiger partial charge in [-0.1, -0.05) is 55.1 Å². The second-order valence-corrected chi connectivity index (χ2v) is 8.27. The van der Waals surface area contributed by atoms with E-state index < -0.39 is 0 Å². The third kappa shape index (κ3) is 5.59. The van der Waals surface area contributed by atoms with Crippen molar-refractivity contribution < 1.29 is 4.79 Å². The zero-order valence-corrected chi connectivity index (χ0v) is 16.6. The molecule has 26 heavy (non-hydrogen) atoms. The normalized spacial score (nSPS) is 20.2. The Labute approximate surface area is 163 Å². The van der Waals surface area contributed by atoms with Gasteiger partial charge < -0.3 is 4.90 Å². The van der Waals surface area contributed by atoms with E-state index in [1.807, 2.05) is 24.3 Å². The van der Waals surface area contributed by atoms with E-state index in [0.29, 0.717) is 24.4 Å². The van der Waals surface area contributed by atoms with Crippen molar-refractivity contribution in [2.24, 2.45) is 5.92 Å². The van der Waals surface area contributed by atoms with Crippen molar-refractivity contribution in [1.29, 1.82) is 0 Å². The van der Waals surface area contributed by atoms with Crippen LogP contribution in [0.5, 0.6) is 0 Å². The van der Waals surface area contributed by atoms with Crippen molar-refractivity contribution in [2.45, 2.75) is 51.0 Å². The maximum Gasteiger partial charge on any atom is 0.236 e. The molecule has 0 spiro atoms. The number of carbonyl (C=O) groups is 1. The first kappa shape index (κ1) is 19.4. The zero-order chi connectivity index (χ0) is 18.4. The van der Waals surface area contributed by atoms with E-state index in [1.165, 1.54) is 37.7 Å². The average Bonchev–Trinajstić information content (AvgIpc) is 2.68. The fraction of sp³-hybridized carbons (Fsp3) is 0.591. The van der Waals surface area contributed by atoms with Crippen molar-refractivity contribution in [3.63, 3.8) is 0 Å². The number of hydrogen-bond donors (Lipinski definition) is 0. The first-order valence-electron chi connectivity index (χ1n) is 10.0. The molecule has 0 bridgehead atoms. The van der Waals surface area contributed by atoms with Crippen LogP contribution in [0.2, 0.25) is 5.02 Å². The molecule has 0 N–H and O–H groups in total. The van der Waals surface area contributed by atoms with Gasteiger partial charge in [-0.25, -0.2) is 0 Å². The number of piperidine rings is 1. The van der Waals surface area contributed by atoms with Gasteiger partial charge in [0.15, 0.2) is 0 Å². The molecular formula is C22H31ClN2O. The zero-order valence-electron chi connectivity index (χ0n) is 15.9. The van der Waals surface area contributed by atoms with Crippen LogP contribution >= 0.6 is 11.6 Å². The van der Waals surface area contributed by atoms with Gasteiger partial charge >= 0.3 is 0 Å². The predicted octanol–water partition coefficient (Wildman–Crippen LogP) is 4.86. The molecule has 2 aliphatic rings. The van der Waals surface area contributed by atoms with Gasteiger partial charge in [0.1, 0.15) is 0 Å². The van der Waals surface area contributed by atoms with Gasteiger partial charge in [-0.2, -0.15) is 0 Å². The molecule has 1 aromatic carbocycles. The number of benzene rings is 1. The minimum absolute atomic E-state index is 0.304. The molecule has 0 aromatic heterocycles. The Morgan fingerprint density at radius 1 is 1.12 bits per heavy atom. The Morgan fingerprint density at radius 2 is 1.77 bits per heavy atom. The number of halogens is 1. The molecule has 4 heteroatoms. The Hall–Kier alpha value is -1.32. The largest absolute Gasteiger partial charge is 0.342 e. The van der Waals surface area contributed by atoms with Gasteiger partial charge in [0, 0.05) is 24.2 Å². The molecule has 1 aromatic rings. The lowest BCUT2D eigenvalue weighted by molar-refractivity contribution is -0.134. The van der Waals surface area contributed by atoms with Crippen LogP contribution in [0.1, 0.15) is 50.5 Å². The van der Waals surface area contributed by atoms with Crippen LogP contribution < -0.4 is 0 Å². The Balaban J connectivity index is 1.42. The summed E-state index contributed by atoms with van der Waals surface area (Å²) >= 11 is 5.93. The predicted molar refractivity (Wildman–Crippen MR) is 109 cm³/mol. The first-order valence-corrected chi connectivity index (χ1v) is 10.4. The SMILES string of the molecule is CN(CC(=O)N1CCC(/C=C/c2ccc(Cl)cc2)CC1)C1CCCCC1. The quantitative estimate of drug-likeness (QED) is 0.735. The summed E-state index contributed by atoms with van der Waals surface area (Å²) in [6.07, 6.45) is 13.1. The summed E-state index contributed by atoms with van der Waals surface area (Å²) in [5.74, 6) is 0.865. The molecule has 3 rings (SSSR count). The smallest absolute Gasteiger partial charge is 0.236 e. The van der Waals surface area contributed by atoms with Gasteiger partial charge in [-0.3, -0.25) is 9.69 Å². The number of carbonyl (C=O) groups excluding carboxylic acids is 1. The van der Waals surface area contributed by atoms with Gasteiger partial charge in [0.25, 0.3) is 0 Å². The maximum atomic E-state index is 12.6. The fourth-order valence-corrected chi connectivity index (χ4v) is 4.25. The monoisotopic (exact) mass is 374 g/mol. The Morgan fingerprint density at radius 3 is 2.42 bits per heavy atom. The number of rotatable bonds is 5. The molecule has 1 saturated heterocycles. The highest BCUT2D eigenvalue weighted by molar-refractivity contribution is 6.30. The lowest BCUT2D eigenvalue weighted by Gasteiger charge is -2.35. The number of nitrogens with zero attached hydrogens (tertiary/aromatic N) is 2. The van der Waals surface area contributed by atoms with Gasteiger partial charge in [-0.15, -0.1) is 0 Å². The molecule has 0 atom stereocenters. The molecule has 0 radical (unpaired) electrons. The summed E-state index contributed by atoms with van der Waals surface area (Å²) in [6.45, 7) is 2.34. The minimum Gasteiger partial charge on any atom is -0.342 e. The van der Waals surface area contributed by atoms with Crippen LogP contribution in [0.3, 0.4) is 0 Å². The number of amides is 1. The minimum atomic E-state index is 0.304. The van der Waals surface area contributed by atoms with E-state index in [4.69, 9.17) is 11.6 Å². The third-order valence-corrected chi connectivity index (χ3v) is 6.16. The van der Waals surface area contributed by atoms with Crippen molar-refractivity contribution in [3.8, 4) is 0 Å². The summed E-state index contributed by atoms with van der Waals surface area (Å²) in [5, 5.41) is 0.771. The highest BCUT2D eigenvalue weighted by atomic mass is 35.5. The molecule has 1 saturated carbocycles. The lowest BCUT2D eigenvalue weighted by atomic mass is 9.94. The standard InChI is InChI=1S/C22H31ClN2O/c1-24(21-5-3-2-4-6-21)17-22(26)25-15-13-19(14-16-25)8-7-18-9-11-20(23)12-10-18/h7-12,19,21H,2-6,13-17H2,1H3/b8-7+. The highest BCUT2D eigenvalue weighted by Gasteiger charge is 2.25. The molecule has 142 valence electrons. The number of hydrogen-bond acceptors (Lipinski definition) is 2. The van der Waals surface area contributed by atoms with E-state index in [0.717, 1.165) is 31.0 Å². The molecular weight excluding hydrogens is 344 g/mol. The average molecular weight is 375 g/mol. The second kappa shape index (κ2) is 9.57. The van der Waals surface area contributed by atoms with E-state index in [9.17, 15) is 4.79 Å². The van der Waals surface area contributed by atoms with Crippen LogP contribution in [0.4, 0.5) is 0 Å². The lowest BCUT2D eigenvalue weighted by Crippen LogP contribution is -2.45. The summed E-state index contributed by atoms with van der Waals surface area (Å²) in [6, 6.07) is 8.53. The molecule has 1 amide bonds. The van der Waals surface area contributed by atoms with Gasteiger partial charge in [0.05, 0.1) is 6.54 Å². The Bertz CT molecular complexity index is 599. The highest BCUT2D eigenvalue weighted by Crippen LogP contribution is 2.23. The maximum absolute atomic E-state index is 12.6. The molecule has 1 heterocycles. The van der Waals surface area contributed by atoms with Crippen LogP contribution in [0, 0.1) is 5.92 Å². The van der Waals surface area contributed by atoms with E-state index >= 15 is 0 Å². The van der Waals surface area contributed by atoms with Gasteiger partial charge in [-0.05, 0) is 56.3 Å². The van der Waals surface area contributed by atoms with Crippen LogP contribution in [0.25, 0.3) is 6.08 Å².